The summed E-state index contributed by atoms with van der Waals surface area (Å²) in [6.07, 6.45) is 0.555. The molecule has 0 aliphatic rings. The van der Waals surface area contributed by atoms with Crippen molar-refractivity contribution in [1.29, 1.82) is 0 Å². The van der Waals surface area contributed by atoms with Crippen molar-refractivity contribution in [2.75, 3.05) is 19.0 Å². The molecule has 6 heteroatoms. The summed E-state index contributed by atoms with van der Waals surface area (Å²) in [7, 11) is 1.50. The molecular weight excluding hydrogens is 249 g/mol. The number of anilines is 1. The lowest BCUT2D eigenvalue weighted by atomic mass is 10.1. The molecule has 0 radical (unpaired) electrons. The molecule has 2 rings (SSSR count). The fraction of sp³-hybridized carbons (Fsp3) is 0.231. The third-order valence-electron chi connectivity index (χ3n) is 2.56. The topological polar surface area (TPSA) is 67.3 Å². The minimum Gasteiger partial charge on any atom is -0.481 e. The zero-order valence-corrected chi connectivity index (χ0v) is 10.4. The number of benzene rings is 1. The highest BCUT2D eigenvalue weighted by atomic mass is 19.1. The van der Waals surface area contributed by atoms with Gasteiger partial charge in [-0.2, -0.15) is 4.98 Å². The van der Waals surface area contributed by atoms with Crippen LogP contribution in [0.2, 0.25) is 0 Å². The zero-order valence-electron chi connectivity index (χ0n) is 10.4. The number of aliphatic hydroxyl groups excluding tert-OH is 1. The van der Waals surface area contributed by atoms with E-state index in [4.69, 9.17) is 4.74 Å². The molecule has 2 N–H and O–H groups in total. The van der Waals surface area contributed by atoms with Crippen LogP contribution < -0.4 is 10.1 Å². The van der Waals surface area contributed by atoms with E-state index in [1.54, 1.807) is 18.2 Å². The number of rotatable bonds is 5. The lowest BCUT2D eigenvalue weighted by Gasteiger charge is -2.13. The molecule has 0 fully saturated rings. The number of aromatic nitrogens is 2. The number of nitrogens with one attached hydrogen (secondary N) is 1. The monoisotopic (exact) mass is 263 g/mol. The Bertz CT molecular complexity index is 551. The van der Waals surface area contributed by atoms with E-state index in [1.165, 1.54) is 25.4 Å². The van der Waals surface area contributed by atoms with Gasteiger partial charge in [0, 0.05) is 24.4 Å². The molecule has 0 spiro atoms. The average molecular weight is 263 g/mol. The Hall–Kier alpha value is -2.21. The highest BCUT2D eigenvalue weighted by molar-refractivity contribution is 5.29. The average Bonchev–Trinajstić information content (AvgIpc) is 2.45. The van der Waals surface area contributed by atoms with Crippen LogP contribution in [-0.4, -0.2) is 28.7 Å². The quantitative estimate of drug-likeness (QED) is 0.860. The van der Waals surface area contributed by atoms with Gasteiger partial charge in [-0.15, -0.1) is 0 Å². The molecule has 100 valence electrons. The molecule has 0 aliphatic heterocycles. The van der Waals surface area contributed by atoms with Crippen molar-refractivity contribution in [1.82, 2.24) is 9.97 Å². The molecule has 1 aromatic heterocycles. The van der Waals surface area contributed by atoms with Gasteiger partial charge in [-0.05, 0) is 6.07 Å². The Morgan fingerprint density at radius 2 is 2.16 bits per heavy atom. The Morgan fingerprint density at radius 3 is 2.89 bits per heavy atom. The van der Waals surface area contributed by atoms with Crippen LogP contribution in [0.1, 0.15) is 11.7 Å². The number of hydrogen-bond acceptors (Lipinski definition) is 5. The van der Waals surface area contributed by atoms with E-state index < -0.39 is 11.9 Å². The zero-order chi connectivity index (χ0) is 13.7. The largest absolute Gasteiger partial charge is 0.481 e. The fourth-order valence-electron chi connectivity index (χ4n) is 1.58. The van der Waals surface area contributed by atoms with Gasteiger partial charge in [0.15, 0.2) is 0 Å². The van der Waals surface area contributed by atoms with E-state index >= 15 is 0 Å². The van der Waals surface area contributed by atoms with E-state index in [1.807, 2.05) is 0 Å². The van der Waals surface area contributed by atoms with E-state index in [0.717, 1.165) is 0 Å². The van der Waals surface area contributed by atoms with Gasteiger partial charge in [0.25, 0.3) is 0 Å². The molecule has 1 unspecified atom stereocenters. The first-order chi connectivity index (χ1) is 9.20. The van der Waals surface area contributed by atoms with Crippen molar-refractivity contribution in [2.24, 2.45) is 0 Å². The summed E-state index contributed by atoms with van der Waals surface area (Å²) in [5.74, 6) is 0.288. The van der Waals surface area contributed by atoms with Gasteiger partial charge < -0.3 is 15.2 Å². The van der Waals surface area contributed by atoms with Crippen LogP contribution in [0.4, 0.5) is 10.3 Å². The Labute approximate surface area is 110 Å². The maximum Gasteiger partial charge on any atom is 0.226 e. The molecule has 1 atom stereocenters. The number of ether oxygens (including phenoxy) is 1. The minimum absolute atomic E-state index is 0.105. The molecule has 5 nitrogen and oxygen atoms in total. The van der Waals surface area contributed by atoms with E-state index in [0.29, 0.717) is 11.8 Å². The van der Waals surface area contributed by atoms with Crippen LogP contribution in [-0.2, 0) is 0 Å². The third-order valence-corrected chi connectivity index (χ3v) is 2.56. The van der Waals surface area contributed by atoms with Gasteiger partial charge in [-0.25, -0.2) is 9.37 Å². The van der Waals surface area contributed by atoms with Crippen LogP contribution >= 0.6 is 0 Å². The summed E-state index contributed by atoms with van der Waals surface area (Å²) in [6, 6.07) is 7.70. The van der Waals surface area contributed by atoms with Crippen molar-refractivity contribution in [2.45, 2.75) is 6.10 Å². The van der Waals surface area contributed by atoms with Gasteiger partial charge >= 0.3 is 0 Å². The molecule has 1 aromatic carbocycles. The first-order valence-electron chi connectivity index (χ1n) is 5.74. The fourth-order valence-corrected chi connectivity index (χ4v) is 1.58. The SMILES string of the molecule is COc1ccnc(NCC(O)c2ccccc2F)n1. The summed E-state index contributed by atoms with van der Waals surface area (Å²) in [4.78, 5) is 8.00. The lowest BCUT2D eigenvalue weighted by molar-refractivity contribution is 0.186. The van der Waals surface area contributed by atoms with Crippen molar-refractivity contribution in [3.8, 4) is 5.88 Å². The molecule has 2 aromatic rings. The number of hydrogen-bond donors (Lipinski definition) is 2. The van der Waals surface area contributed by atoms with Gasteiger partial charge in [0.05, 0.1) is 13.2 Å². The second kappa shape index (κ2) is 6.10. The van der Waals surface area contributed by atoms with Crippen molar-refractivity contribution < 1.29 is 14.2 Å². The number of nitrogens with zero attached hydrogens (tertiary/aromatic N) is 2. The number of aliphatic hydroxyl groups is 1. The van der Waals surface area contributed by atoms with Crippen LogP contribution in [0, 0.1) is 5.82 Å². The van der Waals surface area contributed by atoms with Crippen LogP contribution in [0.15, 0.2) is 36.5 Å². The maximum atomic E-state index is 13.4. The summed E-state index contributed by atoms with van der Waals surface area (Å²) in [6.45, 7) is 0.105. The molecule has 1 heterocycles. The summed E-state index contributed by atoms with van der Waals surface area (Å²) in [5, 5.41) is 12.7. The van der Waals surface area contributed by atoms with E-state index in [2.05, 4.69) is 15.3 Å². The van der Waals surface area contributed by atoms with Crippen molar-refractivity contribution >= 4 is 5.95 Å². The third kappa shape index (κ3) is 3.38. The Morgan fingerprint density at radius 1 is 1.37 bits per heavy atom. The first-order valence-corrected chi connectivity index (χ1v) is 5.74. The Balaban J connectivity index is 2.00. The standard InChI is InChI=1S/C13H14FN3O2/c1-19-12-6-7-15-13(17-12)16-8-11(18)9-4-2-3-5-10(9)14/h2-7,11,18H,8H2,1H3,(H,15,16,17). The molecule has 19 heavy (non-hydrogen) atoms. The van der Waals surface area contributed by atoms with Crippen LogP contribution in [0.3, 0.4) is 0 Å². The molecule has 0 amide bonds. The second-order valence-corrected chi connectivity index (χ2v) is 3.84. The summed E-state index contributed by atoms with van der Waals surface area (Å²) in [5.41, 5.74) is 0.234. The normalized spacial score (nSPS) is 11.9. The van der Waals surface area contributed by atoms with Crippen molar-refractivity contribution in [3.05, 3.63) is 47.9 Å². The lowest BCUT2D eigenvalue weighted by Crippen LogP contribution is -2.15. The van der Waals surface area contributed by atoms with Crippen LogP contribution in [0.25, 0.3) is 0 Å². The maximum absolute atomic E-state index is 13.4. The molecular formula is C13H14FN3O2. The molecule has 0 bridgehead atoms. The predicted octanol–water partition coefficient (Wildman–Crippen LogP) is 1.77. The predicted molar refractivity (Wildman–Crippen MR) is 68.4 cm³/mol. The highest BCUT2D eigenvalue weighted by Crippen LogP contribution is 2.17. The van der Waals surface area contributed by atoms with Crippen LogP contribution in [0.5, 0.6) is 5.88 Å². The number of halogens is 1. The smallest absolute Gasteiger partial charge is 0.226 e. The molecule has 0 saturated heterocycles. The summed E-state index contributed by atoms with van der Waals surface area (Å²) < 4.78 is 18.4. The van der Waals surface area contributed by atoms with E-state index in [9.17, 15) is 9.50 Å². The highest BCUT2D eigenvalue weighted by Gasteiger charge is 2.12. The molecule has 0 aliphatic carbocycles. The van der Waals surface area contributed by atoms with Gasteiger partial charge in [-0.1, -0.05) is 18.2 Å². The van der Waals surface area contributed by atoms with E-state index in [-0.39, 0.29) is 12.1 Å². The number of methoxy groups -OCH3 is 1. The second-order valence-electron chi connectivity index (χ2n) is 3.84. The van der Waals surface area contributed by atoms with Crippen molar-refractivity contribution in [3.63, 3.8) is 0 Å². The van der Waals surface area contributed by atoms with Gasteiger partial charge in [0.1, 0.15) is 5.82 Å². The van der Waals surface area contributed by atoms with Gasteiger partial charge in [-0.3, -0.25) is 0 Å². The minimum atomic E-state index is -0.976. The summed E-state index contributed by atoms with van der Waals surface area (Å²) >= 11 is 0. The van der Waals surface area contributed by atoms with Gasteiger partial charge in [0.2, 0.25) is 11.8 Å². The molecule has 0 saturated carbocycles. The Kier molecular flexibility index (Phi) is 4.25. The first kappa shape index (κ1) is 13.2.